The predicted molar refractivity (Wildman–Crippen MR) is 51.0 cm³/mol. The van der Waals surface area contributed by atoms with Gasteiger partial charge in [0.15, 0.2) is 6.29 Å². The normalized spacial score (nSPS) is 9.86. The van der Waals surface area contributed by atoms with Crippen LogP contribution >= 0.6 is 22.9 Å². The maximum Gasteiger partial charge on any atom is 0.325 e. The van der Waals surface area contributed by atoms with Gasteiger partial charge in [-0.25, -0.2) is 0 Å². The van der Waals surface area contributed by atoms with Gasteiger partial charge in [0.25, 0.3) is 0 Å². The van der Waals surface area contributed by atoms with Crippen molar-refractivity contribution in [3.8, 4) is 0 Å². The minimum Gasteiger partial charge on any atom is -0.468 e. The van der Waals surface area contributed by atoms with E-state index in [0.29, 0.717) is 17.6 Å². The molecule has 0 unspecified atom stereocenters. The van der Waals surface area contributed by atoms with E-state index in [0.717, 1.165) is 4.57 Å². The minimum absolute atomic E-state index is 0.0274. The fourth-order valence-corrected chi connectivity index (χ4v) is 1.85. The Labute approximate surface area is 87.9 Å². The number of hydrogen-bond donors (Lipinski definition) is 0. The smallest absolute Gasteiger partial charge is 0.325 e. The first-order chi connectivity index (χ1) is 6.60. The first-order valence-corrected chi connectivity index (χ1v) is 4.70. The van der Waals surface area contributed by atoms with E-state index in [1.54, 1.807) is 0 Å². The standard InChI is InChI=1S/C7H6ClNO4S/c1-13-5(11)2-9-6(8)4(3-10)14-7(9)12/h3H,2H2,1H3. The van der Waals surface area contributed by atoms with E-state index in [1.807, 2.05) is 0 Å². The number of methoxy groups -OCH3 is 1. The number of thiazole rings is 1. The number of hydrogen-bond acceptors (Lipinski definition) is 5. The van der Waals surface area contributed by atoms with Gasteiger partial charge in [0.1, 0.15) is 16.6 Å². The Balaban J connectivity index is 3.08. The number of ether oxygens (including phenoxy) is 1. The number of halogens is 1. The van der Waals surface area contributed by atoms with Crippen LogP contribution in [0.2, 0.25) is 5.15 Å². The third-order valence-corrected chi connectivity index (χ3v) is 2.90. The quantitative estimate of drug-likeness (QED) is 0.567. The van der Waals surface area contributed by atoms with Crippen LogP contribution in [0.4, 0.5) is 0 Å². The van der Waals surface area contributed by atoms with Crippen molar-refractivity contribution < 1.29 is 14.3 Å². The summed E-state index contributed by atoms with van der Waals surface area (Å²) in [5.74, 6) is -0.593. The molecule has 0 amide bonds. The lowest BCUT2D eigenvalue weighted by Crippen LogP contribution is -2.20. The molecular formula is C7H6ClNO4S. The molecule has 1 heterocycles. The highest BCUT2D eigenvalue weighted by Crippen LogP contribution is 2.16. The van der Waals surface area contributed by atoms with Gasteiger partial charge >= 0.3 is 10.8 Å². The fourth-order valence-electron chi connectivity index (χ4n) is 0.805. The molecule has 1 rings (SSSR count). The molecule has 0 saturated carbocycles. The Hall–Kier alpha value is -1.14. The molecule has 0 radical (unpaired) electrons. The summed E-state index contributed by atoms with van der Waals surface area (Å²) in [4.78, 5) is 32.1. The van der Waals surface area contributed by atoms with Crippen molar-refractivity contribution in [2.75, 3.05) is 7.11 Å². The summed E-state index contributed by atoms with van der Waals surface area (Å²) in [5.41, 5.74) is 0. The molecule has 0 aliphatic heterocycles. The zero-order chi connectivity index (χ0) is 10.7. The largest absolute Gasteiger partial charge is 0.468 e. The molecule has 0 bridgehead atoms. The van der Waals surface area contributed by atoms with Crippen molar-refractivity contribution in [1.29, 1.82) is 0 Å². The molecule has 0 atom stereocenters. The summed E-state index contributed by atoms with van der Waals surface area (Å²) in [6.07, 6.45) is 0.474. The second-order valence-corrected chi connectivity index (χ2v) is 3.65. The summed E-state index contributed by atoms with van der Waals surface area (Å²) in [6, 6.07) is 0. The molecule has 1 aromatic rings. The average Bonchev–Trinajstić information content (AvgIpc) is 2.44. The fraction of sp³-hybridized carbons (Fsp3) is 0.286. The second kappa shape index (κ2) is 4.39. The van der Waals surface area contributed by atoms with Crippen molar-refractivity contribution in [1.82, 2.24) is 4.57 Å². The molecule has 0 aliphatic rings. The summed E-state index contributed by atoms with van der Waals surface area (Å²) < 4.78 is 5.35. The van der Waals surface area contributed by atoms with Gasteiger partial charge in [-0.05, 0) is 0 Å². The van der Waals surface area contributed by atoms with Crippen molar-refractivity contribution in [3.63, 3.8) is 0 Å². The summed E-state index contributed by atoms with van der Waals surface area (Å²) in [6.45, 7) is -0.279. The molecule has 0 aliphatic carbocycles. The summed E-state index contributed by atoms with van der Waals surface area (Å²) in [7, 11) is 1.20. The van der Waals surface area contributed by atoms with E-state index in [2.05, 4.69) is 4.74 Å². The highest BCUT2D eigenvalue weighted by Gasteiger charge is 2.14. The van der Waals surface area contributed by atoms with Gasteiger partial charge in [0, 0.05) is 0 Å². The number of aromatic nitrogens is 1. The molecule has 0 aromatic carbocycles. The number of nitrogens with zero attached hydrogens (tertiary/aromatic N) is 1. The number of carbonyl (C=O) groups excluding carboxylic acids is 2. The van der Waals surface area contributed by atoms with Gasteiger partial charge in [-0.15, -0.1) is 0 Å². The van der Waals surface area contributed by atoms with Crippen LogP contribution in [0.3, 0.4) is 0 Å². The number of aldehydes is 1. The van der Waals surface area contributed by atoms with Crippen LogP contribution in [-0.2, 0) is 16.1 Å². The van der Waals surface area contributed by atoms with E-state index in [1.165, 1.54) is 7.11 Å². The molecule has 7 heteroatoms. The van der Waals surface area contributed by atoms with E-state index in [9.17, 15) is 14.4 Å². The molecule has 76 valence electrons. The van der Waals surface area contributed by atoms with E-state index < -0.39 is 10.8 Å². The Morgan fingerprint density at radius 2 is 2.36 bits per heavy atom. The SMILES string of the molecule is COC(=O)Cn1c(Cl)c(C=O)sc1=O. The van der Waals surface area contributed by atoms with Crippen molar-refractivity contribution >= 4 is 35.2 Å². The zero-order valence-electron chi connectivity index (χ0n) is 7.15. The minimum atomic E-state index is -0.593. The lowest BCUT2D eigenvalue weighted by Gasteiger charge is -2.00. The Morgan fingerprint density at radius 1 is 1.71 bits per heavy atom. The summed E-state index contributed by atoms with van der Waals surface area (Å²) >= 11 is 6.36. The van der Waals surface area contributed by atoms with E-state index in [4.69, 9.17) is 11.6 Å². The van der Waals surface area contributed by atoms with Gasteiger partial charge in [0.05, 0.1) is 7.11 Å². The van der Waals surface area contributed by atoms with Gasteiger partial charge < -0.3 is 4.74 Å². The maximum absolute atomic E-state index is 11.2. The molecule has 1 aromatic heterocycles. The van der Waals surface area contributed by atoms with Crippen LogP contribution in [0.25, 0.3) is 0 Å². The zero-order valence-corrected chi connectivity index (χ0v) is 8.72. The highest BCUT2D eigenvalue weighted by molar-refractivity contribution is 7.11. The summed E-state index contributed by atoms with van der Waals surface area (Å²) in [5, 5.41) is -0.0274. The van der Waals surface area contributed by atoms with Crippen LogP contribution in [0, 0.1) is 0 Å². The van der Waals surface area contributed by atoms with Gasteiger partial charge in [-0.1, -0.05) is 22.9 Å². The van der Waals surface area contributed by atoms with Gasteiger partial charge in [-0.3, -0.25) is 19.0 Å². The molecule has 5 nitrogen and oxygen atoms in total. The second-order valence-electron chi connectivity index (χ2n) is 2.30. The molecule has 14 heavy (non-hydrogen) atoms. The van der Waals surface area contributed by atoms with E-state index in [-0.39, 0.29) is 16.6 Å². The third kappa shape index (κ3) is 2.02. The monoisotopic (exact) mass is 235 g/mol. The Kier molecular flexibility index (Phi) is 3.43. The number of carbonyl (C=O) groups is 2. The molecular weight excluding hydrogens is 230 g/mol. The molecule has 0 saturated heterocycles. The Bertz CT molecular complexity index is 422. The van der Waals surface area contributed by atoms with Crippen LogP contribution in [0.5, 0.6) is 0 Å². The lowest BCUT2D eigenvalue weighted by atomic mass is 10.5. The van der Waals surface area contributed by atoms with Crippen LogP contribution in [0.1, 0.15) is 9.67 Å². The van der Waals surface area contributed by atoms with Crippen molar-refractivity contribution in [2.24, 2.45) is 0 Å². The van der Waals surface area contributed by atoms with Crippen LogP contribution < -0.4 is 4.87 Å². The number of esters is 1. The average molecular weight is 236 g/mol. The van der Waals surface area contributed by atoms with Crippen molar-refractivity contribution in [2.45, 2.75) is 6.54 Å². The predicted octanol–water partition coefficient (Wildman–Crippen LogP) is 0.549. The Morgan fingerprint density at radius 3 is 2.79 bits per heavy atom. The molecule has 0 N–H and O–H groups in total. The van der Waals surface area contributed by atoms with E-state index >= 15 is 0 Å². The molecule has 0 spiro atoms. The van der Waals surface area contributed by atoms with Crippen molar-refractivity contribution in [3.05, 3.63) is 19.7 Å². The first-order valence-electron chi connectivity index (χ1n) is 3.51. The third-order valence-electron chi connectivity index (χ3n) is 1.48. The van der Waals surface area contributed by atoms with Gasteiger partial charge in [-0.2, -0.15) is 0 Å². The maximum atomic E-state index is 11.2. The first kappa shape index (κ1) is 10.9. The lowest BCUT2D eigenvalue weighted by molar-refractivity contribution is -0.141. The highest BCUT2D eigenvalue weighted by atomic mass is 35.5. The molecule has 0 fully saturated rings. The van der Waals surface area contributed by atoms with Crippen LogP contribution in [0.15, 0.2) is 4.79 Å². The van der Waals surface area contributed by atoms with Crippen LogP contribution in [-0.4, -0.2) is 23.9 Å². The topological polar surface area (TPSA) is 65.4 Å². The number of rotatable bonds is 3. The van der Waals surface area contributed by atoms with Gasteiger partial charge in [0.2, 0.25) is 0 Å².